The fraction of sp³-hybridized carbons (Fsp3) is 0.700. The third kappa shape index (κ3) is 43.4. The second kappa shape index (κ2) is 10.9. The van der Waals surface area contributed by atoms with Gasteiger partial charge in [0.2, 0.25) is 0 Å². The van der Waals surface area contributed by atoms with Crippen LogP contribution in [-0.2, 0) is 0 Å². The maximum atomic E-state index is 3.65. The molecule has 0 radical (unpaired) electrons. The Morgan fingerprint density at radius 2 is 0.800 bits per heavy atom. The summed E-state index contributed by atoms with van der Waals surface area (Å²) in [4.78, 5) is 0. The van der Waals surface area contributed by atoms with Crippen LogP contribution in [0.1, 0.15) is 75.2 Å². The van der Waals surface area contributed by atoms with Crippen molar-refractivity contribution in [1.82, 2.24) is 0 Å². The number of allylic oxidation sites excluding steroid dienone is 3. The lowest BCUT2D eigenvalue weighted by molar-refractivity contribution is 0.420. The van der Waals surface area contributed by atoms with E-state index in [9.17, 15) is 0 Å². The molecule has 0 N–H and O–H groups in total. The molecule has 0 heteroatoms. The molecule has 120 valence electrons. The van der Waals surface area contributed by atoms with Crippen LogP contribution in [0, 0.1) is 16.2 Å². The van der Waals surface area contributed by atoms with Crippen LogP contribution in [0.25, 0.3) is 0 Å². The Hall–Kier alpha value is -0.780. The van der Waals surface area contributed by atoms with Gasteiger partial charge in [-0.05, 0) is 29.1 Å². The molecular weight excluding hydrogens is 240 g/mol. The van der Waals surface area contributed by atoms with Crippen molar-refractivity contribution >= 4 is 0 Å². The van der Waals surface area contributed by atoms with Gasteiger partial charge in [0.1, 0.15) is 0 Å². The Bertz CT molecular complexity index is 227. The quantitative estimate of drug-likeness (QED) is 0.461. The van der Waals surface area contributed by atoms with Crippen molar-refractivity contribution in [3.05, 3.63) is 38.0 Å². The summed E-state index contributed by atoms with van der Waals surface area (Å²) in [5.41, 5.74) is 1.17. The molecule has 0 aromatic carbocycles. The van der Waals surface area contributed by atoms with Crippen LogP contribution in [0.4, 0.5) is 0 Å². The van der Waals surface area contributed by atoms with E-state index in [0.29, 0.717) is 16.2 Å². The number of hydrogen-bond acceptors (Lipinski definition) is 0. The number of rotatable bonds is 2. The predicted molar refractivity (Wildman–Crippen MR) is 98.2 cm³/mol. The van der Waals surface area contributed by atoms with Gasteiger partial charge in [0.05, 0.1) is 0 Å². The molecule has 0 rings (SSSR count). The molecule has 0 aliphatic carbocycles. The molecule has 0 saturated heterocycles. The second-order valence-electron chi connectivity index (χ2n) is 8.68. The largest absolute Gasteiger partial charge is 0.103 e. The maximum Gasteiger partial charge on any atom is -0.0206 e. The first-order valence-corrected chi connectivity index (χ1v) is 7.54. The second-order valence-corrected chi connectivity index (χ2v) is 8.68. The van der Waals surface area contributed by atoms with Crippen molar-refractivity contribution < 1.29 is 0 Å². The van der Waals surface area contributed by atoms with Crippen LogP contribution >= 0.6 is 0 Å². The van der Waals surface area contributed by atoms with Crippen LogP contribution in [0.5, 0.6) is 0 Å². The molecule has 0 bridgehead atoms. The van der Waals surface area contributed by atoms with Crippen molar-refractivity contribution in [3.63, 3.8) is 0 Å². The zero-order valence-corrected chi connectivity index (χ0v) is 15.8. The monoisotopic (exact) mass is 280 g/mol. The molecule has 0 unspecified atom stereocenters. The van der Waals surface area contributed by atoms with Gasteiger partial charge in [-0.3, -0.25) is 0 Å². The van der Waals surface area contributed by atoms with Crippen LogP contribution in [0.2, 0.25) is 0 Å². The first-order valence-electron chi connectivity index (χ1n) is 7.54. The topological polar surface area (TPSA) is 0 Å². The molecule has 0 aliphatic rings. The summed E-state index contributed by atoms with van der Waals surface area (Å²) in [5.74, 6) is 0. The zero-order valence-electron chi connectivity index (χ0n) is 15.8. The van der Waals surface area contributed by atoms with E-state index in [4.69, 9.17) is 0 Å². The smallest absolute Gasteiger partial charge is 0.0206 e. The molecule has 0 atom stereocenters. The molecule has 0 heterocycles. The molecule has 0 fully saturated rings. The summed E-state index contributed by atoms with van der Waals surface area (Å²) in [5, 5.41) is 0. The lowest BCUT2D eigenvalue weighted by Gasteiger charge is -2.13. The molecule has 0 aromatic rings. The van der Waals surface area contributed by atoms with Gasteiger partial charge in [0.15, 0.2) is 0 Å². The van der Waals surface area contributed by atoms with E-state index in [-0.39, 0.29) is 0 Å². The van der Waals surface area contributed by atoms with Gasteiger partial charge in [-0.2, -0.15) is 0 Å². The Balaban J connectivity index is -0.000000218. The van der Waals surface area contributed by atoms with Gasteiger partial charge in [0, 0.05) is 0 Å². The van der Waals surface area contributed by atoms with Crippen molar-refractivity contribution in [2.45, 2.75) is 75.2 Å². The lowest BCUT2D eigenvalue weighted by atomic mass is 9.93. The van der Waals surface area contributed by atoms with Gasteiger partial charge in [-0.1, -0.05) is 80.5 Å². The molecular formula is C20H40. The highest BCUT2D eigenvalue weighted by Crippen LogP contribution is 2.18. The van der Waals surface area contributed by atoms with E-state index < -0.39 is 0 Å². The summed E-state index contributed by atoms with van der Waals surface area (Å²) < 4.78 is 0. The van der Waals surface area contributed by atoms with E-state index in [1.165, 1.54) is 0 Å². The van der Waals surface area contributed by atoms with E-state index in [1.807, 2.05) is 18.2 Å². The molecule has 20 heavy (non-hydrogen) atoms. The fourth-order valence-corrected chi connectivity index (χ4v) is 0.866. The Morgan fingerprint density at radius 1 is 0.600 bits per heavy atom. The molecule has 0 saturated carbocycles. The maximum absolute atomic E-state index is 3.65. The molecule has 0 nitrogen and oxygen atoms in total. The molecule has 0 aromatic heterocycles. The summed E-state index contributed by atoms with van der Waals surface area (Å²) in [6.07, 6.45) is 8.06. The van der Waals surface area contributed by atoms with E-state index in [1.54, 1.807) is 0 Å². The van der Waals surface area contributed by atoms with E-state index >= 15 is 0 Å². The SMILES string of the molecule is C=CC(C)(C)C.C=CCC(C)(C)C.C=CCC(C)(C)C. The van der Waals surface area contributed by atoms with Crippen LogP contribution in [-0.4, -0.2) is 0 Å². The summed E-state index contributed by atoms with van der Waals surface area (Å²) in [6.45, 7) is 30.5. The van der Waals surface area contributed by atoms with Crippen molar-refractivity contribution in [2.75, 3.05) is 0 Å². The summed E-state index contributed by atoms with van der Waals surface area (Å²) >= 11 is 0. The highest BCUT2D eigenvalue weighted by Gasteiger charge is 2.05. The molecule has 0 amide bonds. The van der Waals surface area contributed by atoms with E-state index in [0.717, 1.165) is 12.8 Å². The van der Waals surface area contributed by atoms with Crippen molar-refractivity contribution in [3.8, 4) is 0 Å². The zero-order chi connectivity index (χ0) is 17.0. The van der Waals surface area contributed by atoms with Crippen molar-refractivity contribution in [1.29, 1.82) is 0 Å². The lowest BCUT2D eigenvalue weighted by Crippen LogP contribution is -2.01. The highest BCUT2D eigenvalue weighted by molar-refractivity contribution is 4.82. The van der Waals surface area contributed by atoms with Crippen molar-refractivity contribution in [2.24, 2.45) is 16.2 Å². The predicted octanol–water partition coefficient (Wildman–Crippen LogP) is 7.44. The van der Waals surface area contributed by atoms with Crippen LogP contribution in [0.3, 0.4) is 0 Å². The third-order valence-electron chi connectivity index (χ3n) is 2.13. The van der Waals surface area contributed by atoms with Gasteiger partial charge in [-0.15, -0.1) is 19.7 Å². The minimum atomic E-state index is 0.306. The average Bonchev–Trinajstić information content (AvgIpc) is 2.14. The van der Waals surface area contributed by atoms with E-state index in [2.05, 4.69) is 82.1 Å². The molecule has 0 spiro atoms. The summed E-state index contributed by atoms with van der Waals surface area (Å²) in [7, 11) is 0. The highest BCUT2D eigenvalue weighted by atomic mass is 14.1. The van der Waals surface area contributed by atoms with Gasteiger partial charge in [0.25, 0.3) is 0 Å². The minimum Gasteiger partial charge on any atom is -0.103 e. The fourth-order valence-electron chi connectivity index (χ4n) is 0.866. The Kier molecular flexibility index (Phi) is 13.3. The minimum absolute atomic E-state index is 0.306. The summed E-state index contributed by atoms with van der Waals surface area (Å²) in [6, 6.07) is 0. The van der Waals surface area contributed by atoms with Gasteiger partial charge >= 0.3 is 0 Å². The Labute approximate surface area is 130 Å². The van der Waals surface area contributed by atoms with Gasteiger partial charge in [-0.25, -0.2) is 0 Å². The van der Waals surface area contributed by atoms with Crippen LogP contribution in [0.15, 0.2) is 38.0 Å². The Morgan fingerprint density at radius 3 is 0.800 bits per heavy atom. The first-order chi connectivity index (χ1) is 8.68. The van der Waals surface area contributed by atoms with Gasteiger partial charge < -0.3 is 0 Å². The van der Waals surface area contributed by atoms with Crippen LogP contribution < -0.4 is 0 Å². The normalized spacial score (nSPS) is 11.2. The number of hydrogen-bond donors (Lipinski definition) is 0. The molecule has 0 aliphatic heterocycles. The first kappa shape index (κ1) is 24.3. The third-order valence-corrected chi connectivity index (χ3v) is 2.13. The standard InChI is InChI=1S/2C7H14.C6H12/c2*1-5-6-7(2,3)4;1-5-6(2,3)4/h2*5H,1,6H2,2-4H3;5H,1H2,2-4H3. The average molecular weight is 281 g/mol.